The average Bonchev–Trinajstić information content (AvgIpc) is 2.47. The van der Waals surface area contributed by atoms with Crippen LogP contribution in [0, 0.1) is 0 Å². The minimum absolute atomic E-state index is 0.102. The number of hydrogen-bond acceptors (Lipinski definition) is 4. The van der Waals surface area contributed by atoms with Crippen LogP contribution in [0.3, 0.4) is 0 Å². The summed E-state index contributed by atoms with van der Waals surface area (Å²) in [5.74, 6) is 0.560. The number of carbonyl (C=O) groups excluding carboxylic acids is 1. The molecule has 2 aromatic rings. The van der Waals surface area contributed by atoms with E-state index in [1.54, 1.807) is 30.3 Å². The molecule has 2 aromatic carbocycles. The van der Waals surface area contributed by atoms with Gasteiger partial charge in [-0.05, 0) is 56.3 Å². The lowest BCUT2D eigenvalue weighted by Gasteiger charge is -2.18. The smallest absolute Gasteiger partial charge is 0.255 e. The first-order chi connectivity index (χ1) is 10.9. The fraction of sp³-hybridized carbons (Fsp3) is 0.278. The van der Waals surface area contributed by atoms with Crippen molar-refractivity contribution in [3.05, 3.63) is 48.0 Å². The predicted molar refractivity (Wildman–Crippen MR) is 95.3 cm³/mol. The minimum atomic E-state index is -0.185. The topological polar surface area (TPSA) is 67.6 Å². The van der Waals surface area contributed by atoms with E-state index < -0.39 is 0 Å². The molecule has 1 amide bonds. The normalized spacial score (nSPS) is 10.5. The molecule has 3 N–H and O–H groups in total. The molecule has 0 aliphatic rings. The monoisotopic (exact) mass is 313 g/mol. The standard InChI is InChI=1S/C18H23N3O2/c1-12(2)23-15-8-5-13(6-9-15)18(22)20-16-11-14(19)7-10-17(16)21(3)4/h5-12H,19H2,1-4H3,(H,20,22). The molecule has 2 rings (SSSR count). The number of nitrogens with two attached hydrogens (primary N) is 1. The number of nitrogens with one attached hydrogen (secondary N) is 1. The Labute approximate surface area is 137 Å². The Morgan fingerprint density at radius 3 is 2.35 bits per heavy atom. The Morgan fingerprint density at radius 1 is 1.13 bits per heavy atom. The fourth-order valence-corrected chi connectivity index (χ4v) is 2.20. The second kappa shape index (κ2) is 7.05. The van der Waals surface area contributed by atoms with Gasteiger partial charge in [0.15, 0.2) is 0 Å². The second-order valence-electron chi connectivity index (χ2n) is 5.82. The van der Waals surface area contributed by atoms with Gasteiger partial charge in [-0.1, -0.05) is 0 Å². The number of anilines is 3. The van der Waals surface area contributed by atoms with Gasteiger partial charge in [-0.15, -0.1) is 0 Å². The SMILES string of the molecule is CC(C)Oc1ccc(C(=O)Nc2cc(N)ccc2N(C)C)cc1. The van der Waals surface area contributed by atoms with Gasteiger partial charge in [0.2, 0.25) is 0 Å². The summed E-state index contributed by atoms with van der Waals surface area (Å²) in [4.78, 5) is 14.3. The molecule has 0 heterocycles. The predicted octanol–water partition coefficient (Wildman–Crippen LogP) is 3.37. The molecule has 0 aliphatic heterocycles. The van der Waals surface area contributed by atoms with Gasteiger partial charge < -0.3 is 20.7 Å². The highest BCUT2D eigenvalue weighted by molar-refractivity contribution is 6.06. The molecular weight excluding hydrogens is 290 g/mol. The molecule has 0 saturated heterocycles. The molecule has 0 fully saturated rings. The van der Waals surface area contributed by atoms with Crippen molar-refractivity contribution in [2.45, 2.75) is 20.0 Å². The van der Waals surface area contributed by atoms with Crippen LogP contribution in [0.5, 0.6) is 5.75 Å². The summed E-state index contributed by atoms with van der Waals surface area (Å²) in [5, 5.41) is 2.91. The van der Waals surface area contributed by atoms with Gasteiger partial charge in [0, 0.05) is 25.3 Å². The second-order valence-corrected chi connectivity index (χ2v) is 5.82. The number of amides is 1. The van der Waals surface area contributed by atoms with Gasteiger partial charge in [0.1, 0.15) is 5.75 Å². The van der Waals surface area contributed by atoms with E-state index in [0.717, 1.165) is 11.4 Å². The van der Waals surface area contributed by atoms with Gasteiger partial charge in [-0.25, -0.2) is 0 Å². The Bertz CT molecular complexity index is 679. The summed E-state index contributed by atoms with van der Waals surface area (Å²) < 4.78 is 5.58. The summed E-state index contributed by atoms with van der Waals surface area (Å²) in [5.41, 5.74) is 8.57. The minimum Gasteiger partial charge on any atom is -0.491 e. The van der Waals surface area contributed by atoms with E-state index in [0.29, 0.717) is 16.9 Å². The molecular formula is C18H23N3O2. The lowest BCUT2D eigenvalue weighted by Crippen LogP contribution is -2.17. The van der Waals surface area contributed by atoms with Gasteiger partial charge in [0.25, 0.3) is 5.91 Å². The van der Waals surface area contributed by atoms with Gasteiger partial charge in [-0.2, -0.15) is 0 Å². The van der Waals surface area contributed by atoms with E-state index in [9.17, 15) is 4.79 Å². The van der Waals surface area contributed by atoms with E-state index in [4.69, 9.17) is 10.5 Å². The average molecular weight is 313 g/mol. The molecule has 0 bridgehead atoms. The van der Waals surface area contributed by atoms with E-state index in [-0.39, 0.29) is 12.0 Å². The molecule has 5 heteroatoms. The van der Waals surface area contributed by atoms with Gasteiger partial charge in [0.05, 0.1) is 17.5 Å². The summed E-state index contributed by atoms with van der Waals surface area (Å²) in [6.45, 7) is 3.92. The van der Waals surface area contributed by atoms with Crippen LogP contribution in [-0.2, 0) is 0 Å². The Morgan fingerprint density at radius 2 is 1.78 bits per heavy atom. The lowest BCUT2D eigenvalue weighted by molar-refractivity contribution is 0.102. The molecule has 0 radical (unpaired) electrons. The number of carbonyl (C=O) groups is 1. The van der Waals surface area contributed by atoms with E-state index >= 15 is 0 Å². The fourth-order valence-electron chi connectivity index (χ4n) is 2.20. The van der Waals surface area contributed by atoms with Crippen LogP contribution < -0.4 is 20.7 Å². The molecule has 0 aliphatic carbocycles. The number of rotatable bonds is 5. The molecule has 0 saturated carbocycles. The molecule has 5 nitrogen and oxygen atoms in total. The van der Waals surface area contributed by atoms with Gasteiger partial charge in [-0.3, -0.25) is 4.79 Å². The summed E-state index contributed by atoms with van der Waals surface area (Å²) >= 11 is 0. The van der Waals surface area contributed by atoms with Crippen molar-refractivity contribution in [1.82, 2.24) is 0 Å². The number of hydrogen-bond donors (Lipinski definition) is 2. The van der Waals surface area contributed by atoms with Crippen molar-refractivity contribution in [3.8, 4) is 5.75 Å². The highest BCUT2D eigenvalue weighted by atomic mass is 16.5. The summed E-state index contributed by atoms with van der Waals surface area (Å²) in [6.07, 6.45) is 0.102. The van der Waals surface area contributed by atoms with E-state index in [1.165, 1.54) is 0 Å². The highest BCUT2D eigenvalue weighted by Gasteiger charge is 2.11. The number of benzene rings is 2. The van der Waals surface area contributed by atoms with Crippen LogP contribution >= 0.6 is 0 Å². The van der Waals surface area contributed by atoms with Crippen LogP contribution in [0.2, 0.25) is 0 Å². The van der Waals surface area contributed by atoms with Crippen LogP contribution in [-0.4, -0.2) is 26.1 Å². The van der Waals surface area contributed by atoms with Crippen molar-refractivity contribution < 1.29 is 9.53 Å². The molecule has 0 unspecified atom stereocenters. The van der Waals surface area contributed by atoms with Crippen molar-refractivity contribution in [1.29, 1.82) is 0 Å². The van der Waals surface area contributed by atoms with Crippen LogP contribution in [0.4, 0.5) is 17.1 Å². The Hall–Kier alpha value is -2.69. The third-order valence-electron chi connectivity index (χ3n) is 3.24. The first kappa shape index (κ1) is 16.7. The molecule has 23 heavy (non-hydrogen) atoms. The molecule has 122 valence electrons. The molecule has 0 aromatic heterocycles. The van der Waals surface area contributed by atoms with Crippen molar-refractivity contribution >= 4 is 23.0 Å². The van der Waals surface area contributed by atoms with E-state index in [1.807, 2.05) is 45.0 Å². The van der Waals surface area contributed by atoms with Crippen molar-refractivity contribution in [3.63, 3.8) is 0 Å². The zero-order valence-electron chi connectivity index (χ0n) is 14.0. The Kier molecular flexibility index (Phi) is 5.11. The van der Waals surface area contributed by atoms with E-state index in [2.05, 4.69) is 5.32 Å². The maximum absolute atomic E-state index is 12.4. The molecule has 0 atom stereocenters. The zero-order valence-corrected chi connectivity index (χ0v) is 14.0. The number of nitrogen functional groups attached to an aromatic ring is 1. The Balaban J connectivity index is 2.17. The quantitative estimate of drug-likeness (QED) is 0.831. The van der Waals surface area contributed by atoms with Crippen molar-refractivity contribution in [2.75, 3.05) is 30.0 Å². The summed E-state index contributed by atoms with van der Waals surface area (Å²) in [6, 6.07) is 12.5. The maximum atomic E-state index is 12.4. The van der Waals surface area contributed by atoms with Gasteiger partial charge >= 0.3 is 0 Å². The first-order valence-electron chi connectivity index (χ1n) is 7.51. The highest BCUT2D eigenvalue weighted by Crippen LogP contribution is 2.27. The first-order valence-corrected chi connectivity index (χ1v) is 7.51. The van der Waals surface area contributed by atoms with Crippen LogP contribution in [0.15, 0.2) is 42.5 Å². The van der Waals surface area contributed by atoms with Crippen molar-refractivity contribution in [2.24, 2.45) is 0 Å². The third kappa shape index (κ3) is 4.39. The maximum Gasteiger partial charge on any atom is 0.255 e. The summed E-state index contributed by atoms with van der Waals surface area (Å²) in [7, 11) is 3.83. The molecule has 0 spiro atoms. The number of ether oxygens (including phenoxy) is 1. The largest absolute Gasteiger partial charge is 0.491 e. The lowest BCUT2D eigenvalue weighted by atomic mass is 10.1. The third-order valence-corrected chi connectivity index (χ3v) is 3.24. The number of nitrogens with zero attached hydrogens (tertiary/aromatic N) is 1. The van der Waals surface area contributed by atoms with Crippen LogP contribution in [0.25, 0.3) is 0 Å². The van der Waals surface area contributed by atoms with Crippen LogP contribution in [0.1, 0.15) is 24.2 Å². The zero-order chi connectivity index (χ0) is 17.0.